The summed E-state index contributed by atoms with van der Waals surface area (Å²) in [5.41, 5.74) is 0. The Labute approximate surface area is 101 Å². The molecule has 1 unspecified atom stereocenters. The zero-order chi connectivity index (χ0) is 11.5. The second-order valence-corrected chi connectivity index (χ2v) is 4.62. The van der Waals surface area contributed by atoms with Crippen molar-refractivity contribution in [2.45, 2.75) is 25.4 Å². The third kappa shape index (κ3) is 2.49. The van der Waals surface area contributed by atoms with E-state index in [2.05, 4.69) is 20.2 Å². The Hall–Kier alpha value is -1.36. The van der Waals surface area contributed by atoms with E-state index in [1.807, 2.05) is 6.07 Å². The normalized spacial score (nSPS) is 24.2. The quantitative estimate of drug-likeness (QED) is 0.839. The monoisotopic (exact) mass is 234 g/mol. The van der Waals surface area contributed by atoms with E-state index in [0.29, 0.717) is 6.01 Å². The predicted molar refractivity (Wildman–Crippen MR) is 65.4 cm³/mol. The van der Waals surface area contributed by atoms with Crippen LogP contribution in [0.3, 0.4) is 0 Å². The topological polar surface area (TPSA) is 50.3 Å². The molecule has 0 aromatic carbocycles. The Morgan fingerprint density at radius 2 is 2.24 bits per heavy atom. The van der Waals surface area contributed by atoms with Gasteiger partial charge in [-0.05, 0) is 31.9 Å². The van der Waals surface area contributed by atoms with Gasteiger partial charge in [-0.1, -0.05) is 0 Å². The van der Waals surface area contributed by atoms with Crippen LogP contribution in [0.1, 0.15) is 19.3 Å². The summed E-state index contributed by atoms with van der Waals surface area (Å²) in [4.78, 5) is 11.0. The van der Waals surface area contributed by atoms with Crippen molar-refractivity contribution in [3.05, 3.63) is 12.3 Å². The van der Waals surface area contributed by atoms with Crippen molar-refractivity contribution in [3.8, 4) is 6.01 Å². The first-order chi connectivity index (χ1) is 8.42. The molecule has 0 spiro atoms. The maximum Gasteiger partial charge on any atom is 0.318 e. The van der Waals surface area contributed by atoms with Crippen molar-refractivity contribution in [1.29, 1.82) is 0 Å². The van der Waals surface area contributed by atoms with Crippen LogP contribution in [0.4, 0.5) is 5.82 Å². The average Bonchev–Trinajstić information content (AvgIpc) is 3.01. The number of nitrogens with one attached hydrogen (secondary N) is 1. The first-order valence-corrected chi connectivity index (χ1v) is 6.37. The fraction of sp³-hybridized carbons (Fsp3) is 0.667. The summed E-state index contributed by atoms with van der Waals surface area (Å²) >= 11 is 0. The largest absolute Gasteiger partial charge is 0.459 e. The van der Waals surface area contributed by atoms with Gasteiger partial charge in [0.05, 0.1) is 0 Å². The summed E-state index contributed by atoms with van der Waals surface area (Å²) in [7, 11) is 0. The van der Waals surface area contributed by atoms with Gasteiger partial charge in [0.1, 0.15) is 11.9 Å². The molecule has 2 aliphatic rings. The minimum atomic E-state index is 0.226. The van der Waals surface area contributed by atoms with Gasteiger partial charge in [-0.3, -0.25) is 0 Å². The first-order valence-electron chi connectivity index (χ1n) is 6.37. The van der Waals surface area contributed by atoms with Crippen molar-refractivity contribution in [1.82, 2.24) is 15.3 Å². The van der Waals surface area contributed by atoms with Crippen LogP contribution in [0.2, 0.25) is 0 Å². The Kier molecular flexibility index (Phi) is 3.09. The van der Waals surface area contributed by atoms with Gasteiger partial charge in [-0.15, -0.1) is 0 Å². The van der Waals surface area contributed by atoms with E-state index in [1.165, 1.54) is 12.8 Å². The van der Waals surface area contributed by atoms with E-state index in [4.69, 9.17) is 4.74 Å². The number of hydrogen-bond donors (Lipinski definition) is 1. The van der Waals surface area contributed by atoms with E-state index < -0.39 is 0 Å². The SMILES string of the molecule is c1cc(N2CCCC2)nc(OC2CCNC2)n1. The van der Waals surface area contributed by atoms with Crippen molar-refractivity contribution in [2.75, 3.05) is 31.1 Å². The molecule has 2 aliphatic heterocycles. The van der Waals surface area contributed by atoms with Gasteiger partial charge in [0.2, 0.25) is 0 Å². The van der Waals surface area contributed by atoms with Crippen LogP contribution in [0, 0.1) is 0 Å². The van der Waals surface area contributed by atoms with Crippen LogP contribution in [-0.2, 0) is 0 Å². The average molecular weight is 234 g/mol. The van der Waals surface area contributed by atoms with Crippen LogP contribution in [-0.4, -0.2) is 42.3 Å². The summed E-state index contributed by atoms with van der Waals surface area (Å²) in [6, 6.07) is 2.48. The Morgan fingerprint density at radius 3 is 3.00 bits per heavy atom. The lowest BCUT2D eigenvalue weighted by molar-refractivity contribution is 0.204. The van der Waals surface area contributed by atoms with Crippen molar-refractivity contribution < 1.29 is 4.74 Å². The molecule has 0 saturated carbocycles. The second-order valence-electron chi connectivity index (χ2n) is 4.62. The highest BCUT2D eigenvalue weighted by molar-refractivity contribution is 5.39. The Bertz CT molecular complexity index is 373. The molecule has 1 N–H and O–H groups in total. The van der Waals surface area contributed by atoms with Gasteiger partial charge in [0.15, 0.2) is 0 Å². The van der Waals surface area contributed by atoms with Gasteiger partial charge >= 0.3 is 6.01 Å². The smallest absolute Gasteiger partial charge is 0.318 e. The van der Waals surface area contributed by atoms with Crippen LogP contribution in [0.15, 0.2) is 12.3 Å². The molecule has 0 amide bonds. The highest BCUT2D eigenvalue weighted by Gasteiger charge is 2.18. The summed E-state index contributed by atoms with van der Waals surface area (Å²) < 4.78 is 5.76. The minimum Gasteiger partial charge on any atom is -0.459 e. The third-order valence-electron chi connectivity index (χ3n) is 3.34. The minimum absolute atomic E-state index is 0.226. The zero-order valence-electron chi connectivity index (χ0n) is 9.93. The molecule has 5 nitrogen and oxygen atoms in total. The molecule has 1 aromatic heterocycles. The molecular formula is C12H18N4O. The maximum absolute atomic E-state index is 5.76. The third-order valence-corrected chi connectivity index (χ3v) is 3.34. The molecular weight excluding hydrogens is 216 g/mol. The molecule has 1 atom stereocenters. The standard InChI is InChI=1S/C12H18N4O/c1-2-8-16(7-1)11-4-6-14-12(15-11)17-10-3-5-13-9-10/h4,6,10,13H,1-3,5,7-9H2. The maximum atomic E-state index is 5.76. The Morgan fingerprint density at radius 1 is 1.35 bits per heavy atom. The van der Waals surface area contributed by atoms with Gasteiger partial charge in [0.25, 0.3) is 0 Å². The van der Waals surface area contributed by atoms with Crippen LogP contribution in [0.5, 0.6) is 6.01 Å². The summed E-state index contributed by atoms with van der Waals surface area (Å²) in [6.07, 6.45) is 5.57. The number of aromatic nitrogens is 2. The van der Waals surface area contributed by atoms with Crippen molar-refractivity contribution in [2.24, 2.45) is 0 Å². The second kappa shape index (κ2) is 4.87. The molecule has 2 saturated heterocycles. The Balaban J connectivity index is 1.69. The number of hydrogen-bond acceptors (Lipinski definition) is 5. The number of rotatable bonds is 3. The van der Waals surface area contributed by atoms with E-state index >= 15 is 0 Å². The van der Waals surface area contributed by atoms with E-state index in [-0.39, 0.29) is 6.10 Å². The fourth-order valence-electron chi connectivity index (χ4n) is 2.39. The molecule has 0 aliphatic carbocycles. The molecule has 3 rings (SSSR count). The molecule has 2 fully saturated rings. The van der Waals surface area contributed by atoms with E-state index in [9.17, 15) is 0 Å². The van der Waals surface area contributed by atoms with Gasteiger partial charge in [0, 0.05) is 25.8 Å². The van der Waals surface area contributed by atoms with Crippen LogP contribution < -0.4 is 15.0 Å². The van der Waals surface area contributed by atoms with Crippen molar-refractivity contribution in [3.63, 3.8) is 0 Å². The number of nitrogens with zero attached hydrogens (tertiary/aromatic N) is 3. The lowest BCUT2D eigenvalue weighted by Crippen LogP contribution is -2.22. The first kappa shape index (κ1) is 10.8. The molecule has 0 radical (unpaired) electrons. The highest BCUT2D eigenvalue weighted by Crippen LogP contribution is 2.19. The predicted octanol–water partition coefficient (Wildman–Crippen LogP) is 0.817. The number of anilines is 1. The molecule has 17 heavy (non-hydrogen) atoms. The summed E-state index contributed by atoms with van der Waals surface area (Å²) in [5.74, 6) is 0.999. The number of ether oxygens (including phenoxy) is 1. The molecule has 3 heterocycles. The molecule has 0 bridgehead atoms. The molecule has 5 heteroatoms. The molecule has 92 valence electrons. The molecule has 1 aromatic rings. The van der Waals surface area contributed by atoms with Gasteiger partial charge in [-0.2, -0.15) is 4.98 Å². The van der Waals surface area contributed by atoms with Gasteiger partial charge in [-0.25, -0.2) is 4.98 Å². The van der Waals surface area contributed by atoms with Crippen molar-refractivity contribution >= 4 is 5.82 Å². The lowest BCUT2D eigenvalue weighted by atomic mass is 10.3. The lowest BCUT2D eigenvalue weighted by Gasteiger charge is -2.17. The van der Waals surface area contributed by atoms with E-state index in [1.54, 1.807) is 6.20 Å². The fourth-order valence-corrected chi connectivity index (χ4v) is 2.39. The zero-order valence-corrected chi connectivity index (χ0v) is 9.93. The highest BCUT2D eigenvalue weighted by atomic mass is 16.5. The van der Waals surface area contributed by atoms with Gasteiger partial charge < -0.3 is 15.0 Å². The van der Waals surface area contributed by atoms with Crippen LogP contribution >= 0.6 is 0 Å². The summed E-state index contributed by atoms with van der Waals surface area (Å²) in [5, 5.41) is 3.27. The van der Waals surface area contributed by atoms with E-state index in [0.717, 1.165) is 38.4 Å². The van der Waals surface area contributed by atoms with Crippen LogP contribution in [0.25, 0.3) is 0 Å². The summed E-state index contributed by atoms with van der Waals surface area (Å²) in [6.45, 7) is 4.12.